The lowest BCUT2D eigenvalue weighted by atomic mass is 9.88. The number of aryl methyl sites for hydroxylation is 1. The van der Waals surface area contributed by atoms with Crippen LogP contribution >= 0.6 is 0 Å². The number of methoxy groups -OCH3 is 1. The first-order valence-electron chi connectivity index (χ1n) is 10.2. The Labute approximate surface area is 173 Å². The summed E-state index contributed by atoms with van der Waals surface area (Å²) < 4.78 is 13.0. The van der Waals surface area contributed by atoms with E-state index in [9.17, 15) is 10.2 Å². The summed E-state index contributed by atoms with van der Waals surface area (Å²) in [6.45, 7) is -0.297. The lowest BCUT2D eigenvalue weighted by Crippen LogP contribution is -2.34. The molecule has 0 spiro atoms. The molecule has 1 aliphatic heterocycles. The number of hydrogen-bond donors (Lipinski definition) is 3. The number of nitrogens with zero attached hydrogens (tertiary/aromatic N) is 4. The maximum atomic E-state index is 10.4. The van der Waals surface area contributed by atoms with Crippen LogP contribution in [0.25, 0.3) is 11.2 Å². The molecule has 3 N–H and O–H groups in total. The van der Waals surface area contributed by atoms with Gasteiger partial charge in [-0.3, -0.25) is 4.57 Å². The van der Waals surface area contributed by atoms with Gasteiger partial charge in [0.2, 0.25) is 0 Å². The van der Waals surface area contributed by atoms with Gasteiger partial charge < -0.3 is 25.0 Å². The number of anilines is 1. The maximum absolute atomic E-state index is 10.4. The van der Waals surface area contributed by atoms with Crippen LogP contribution in [0.3, 0.4) is 0 Å². The molecule has 5 atom stereocenters. The fourth-order valence-electron chi connectivity index (χ4n) is 4.51. The molecular weight excluding hydrogens is 386 g/mol. The van der Waals surface area contributed by atoms with Crippen molar-refractivity contribution >= 4 is 17.0 Å². The molecule has 0 amide bonds. The monoisotopic (exact) mass is 411 g/mol. The number of aliphatic hydroxyl groups excluding tert-OH is 2. The second-order valence-electron chi connectivity index (χ2n) is 7.84. The highest BCUT2D eigenvalue weighted by Crippen LogP contribution is 2.34. The first-order chi connectivity index (χ1) is 14.7. The van der Waals surface area contributed by atoms with Crippen LogP contribution in [-0.2, 0) is 22.3 Å². The quantitative estimate of drug-likeness (QED) is 0.571. The number of fused-ring (bicyclic) bond motifs is 2. The lowest BCUT2D eigenvalue weighted by molar-refractivity contribution is -0.0583. The summed E-state index contributed by atoms with van der Waals surface area (Å²) in [5.41, 5.74) is 4.00. The Balaban J connectivity index is 1.42. The Morgan fingerprint density at radius 1 is 1.23 bits per heavy atom. The summed E-state index contributed by atoms with van der Waals surface area (Å²) in [6.07, 6.45) is 3.15. The zero-order valence-electron chi connectivity index (χ0n) is 16.7. The van der Waals surface area contributed by atoms with Gasteiger partial charge in [0.1, 0.15) is 24.6 Å². The number of nitrogens with one attached hydrogen (secondary N) is 1. The lowest BCUT2D eigenvalue weighted by Gasteiger charge is -2.26. The van der Waals surface area contributed by atoms with Gasteiger partial charge in [-0.1, -0.05) is 24.3 Å². The van der Waals surface area contributed by atoms with E-state index in [1.54, 1.807) is 10.9 Å². The summed E-state index contributed by atoms with van der Waals surface area (Å²) >= 11 is 0. The fourth-order valence-corrected chi connectivity index (χ4v) is 4.51. The molecule has 30 heavy (non-hydrogen) atoms. The molecule has 2 aromatic heterocycles. The van der Waals surface area contributed by atoms with Crippen LogP contribution in [0.5, 0.6) is 0 Å². The molecule has 3 aromatic rings. The average molecular weight is 411 g/mol. The van der Waals surface area contributed by atoms with E-state index < -0.39 is 24.5 Å². The van der Waals surface area contributed by atoms with Crippen LogP contribution in [0.1, 0.15) is 23.8 Å². The summed E-state index contributed by atoms with van der Waals surface area (Å²) in [5.74, 6) is 0.675. The molecule has 3 heterocycles. The van der Waals surface area contributed by atoms with Gasteiger partial charge in [0.25, 0.3) is 0 Å². The molecule has 0 bridgehead atoms. The standard InChI is InChI=1S/C21H25N5O4/c1-29-18-17(28)15(9-27)30-21(18)26-11-24-16-19(22-10-23-20(16)26)25-14-7-6-12-4-2-3-5-13(12)8-14/h2-5,10-11,14-15,17-18,21,27-28H,6-9H2,1H3,(H,22,23,25)/t14?,15-,17-,18-,21-/m1/s1. The topological polar surface area (TPSA) is 115 Å². The molecule has 1 aliphatic carbocycles. The second-order valence-corrected chi connectivity index (χ2v) is 7.84. The van der Waals surface area contributed by atoms with Gasteiger partial charge in [-0.15, -0.1) is 0 Å². The number of aromatic nitrogens is 4. The Hall–Kier alpha value is -2.59. The van der Waals surface area contributed by atoms with Gasteiger partial charge in [0.15, 0.2) is 23.2 Å². The van der Waals surface area contributed by atoms with Crippen molar-refractivity contribution in [2.24, 2.45) is 0 Å². The van der Waals surface area contributed by atoms with Crippen molar-refractivity contribution in [2.45, 2.75) is 49.8 Å². The molecular formula is C21H25N5O4. The van der Waals surface area contributed by atoms with E-state index in [-0.39, 0.29) is 12.6 Å². The molecule has 1 unspecified atom stereocenters. The Morgan fingerprint density at radius 3 is 2.87 bits per heavy atom. The zero-order valence-corrected chi connectivity index (χ0v) is 16.7. The van der Waals surface area contributed by atoms with Gasteiger partial charge >= 0.3 is 0 Å². The van der Waals surface area contributed by atoms with Gasteiger partial charge in [-0.25, -0.2) is 15.0 Å². The predicted octanol–water partition coefficient (Wildman–Crippen LogP) is 1.06. The highest BCUT2D eigenvalue weighted by atomic mass is 16.6. The molecule has 9 nitrogen and oxygen atoms in total. The molecule has 1 saturated heterocycles. The molecule has 0 radical (unpaired) electrons. The molecule has 1 aromatic carbocycles. The highest BCUT2D eigenvalue weighted by molar-refractivity contribution is 5.82. The number of aliphatic hydroxyl groups is 2. The zero-order chi connectivity index (χ0) is 20.7. The SMILES string of the molecule is CO[C@@H]1[C@H](O)[C@@H](CO)O[C@H]1n1cnc2c(NC3CCc4ccccc4C3)ncnc21. The third kappa shape index (κ3) is 3.24. The normalized spacial score (nSPS) is 28.6. The van der Waals surface area contributed by atoms with Crippen molar-refractivity contribution in [2.75, 3.05) is 19.0 Å². The van der Waals surface area contributed by atoms with Crippen LogP contribution in [0.2, 0.25) is 0 Å². The number of rotatable bonds is 5. The van der Waals surface area contributed by atoms with Crippen LogP contribution in [0.15, 0.2) is 36.9 Å². The van der Waals surface area contributed by atoms with E-state index in [4.69, 9.17) is 9.47 Å². The molecule has 5 rings (SSSR count). The maximum Gasteiger partial charge on any atom is 0.167 e. The van der Waals surface area contributed by atoms with Gasteiger partial charge in [-0.05, 0) is 30.4 Å². The first kappa shape index (κ1) is 19.4. The number of imidazole rings is 1. The van der Waals surface area contributed by atoms with Gasteiger partial charge in [-0.2, -0.15) is 0 Å². The minimum atomic E-state index is -0.941. The summed E-state index contributed by atoms with van der Waals surface area (Å²) in [5, 5.41) is 23.4. The Bertz CT molecular complexity index is 1040. The summed E-state index contributed by atoms with van der Waals surface area (Å²) in [6, 6.07) is 8.80. The van der Waals surface area contributed by atoms with Crippen molar-refractivity contribution in [1.29, 1.82) is 0 Å². The summed E-state index contributed by atoms with van der Waals surface area (Å²) in [7, 11) is 1.51. The van der Waals surface area contributed by atoms with Crippen molar-refractivity contribution in [3.05, 3.63) is 48.0 Å². The molecule has 0 saturated carbocycles. The van der Waals surface area contributed by atoms with Crippen LogP contribution in [0.4, 0.5) is 5.82 Å². The minimum Gasteiger partial charge on any atom is -0.394 e. The highest BCUT2D eigenvalue weighted by Gasteiger charge is 2.45. The third-order valence-electron chi connectivity index (χ3n) is 6.09. The molecule has 158 valence electrons. The number of hydrogen-bond acceptors (Lipinski definition) is 8. The number of benzene rings is 1. The summed E-state index contributed by atoms with van der Waals surface area (Å²) in [4.78, 5) is 13.3. The first-order valence-corrected chi connectivity index (χ1v) is 10.2. The molecule has 2 aliphatic rings. The van der Waals surface area contributed by atoms with Crippen LogP contribution in [-0.4, -0.2) is 67.8 Å². The van der Waals surface area contributed by atoms with E-state index >= 15 is 0 Å². The Morgan fingerprint density at radius 2 is 2.07 bits per heavy atom. The average Bonchev–Trinajstić information content (AvgIpc) is 3.34. The second kappa shape index (κ2) is 7.92. The fraction of sp³-hybridized carbons (Fsp3) is 0.476. The predicted molar refractivity (Wildman–Crippen MR) is 109 cm³/mol. The van der Waals surface area contributed by atoms with Crippen LogP contribution < -0.4 is 5.32 Å². The minimum absolute atomic E-state index is 0.262. The Kier molecular flexibility index (Phi) is 5.11. The number of ether oxygens (including phenoxy) is 2. The molecule has 9 heteroatoms. The van der Waals surface area contributed by atoms with E-state index in [0.717, 1.165) is 19.3 Å². The van der Waals surface area contributed by atoms with Crippen molar-refractivity contribution in [3.63, 3.8) is 0 Å². The van der Waals surface area contributed by atoms with E-state index in [1.165, 1.54) is 24.6 Å². The van der Waals surface area contributed by atoms with E-state index in [1.807, 2.05) is 0 Å². The van der Waals surface area contributed by atoms with E-state index in [2.05, 4.69) is 44.5 Å². The van der Waals surface area contributed by atoms with E-state index in [0.29, 0.717) is 17.0 Å². The third-order valence-corrected chi connectivity index (χ3v) is 6.09. The van der Waals surface area contributed by atoms with Gasteiger partial charge in [0.05, 0.1) is 12.9 Å². The smallest absolute Gasteiger partial charge is 0.167 e. The largest absolute Gasteiger partial charge is 0.394 e. The van der Waals surface area contributed by atoms with Crippen molar-refractivity contribution in [3.8, 4) is 0 Å². The molecule has 1 fully saturated rings. The van der Waals surface area contributed by atoms with Crippen LogP contribution in [0, 0.1) is 0 Å². The van der Waals surface area contributed by atoms with Crippen molar-refractivity contribution in [1.82, 2.24) is 19.5 Å². The van der Waals surface area contributed by atoms with Crippen molar-refractivity contribution < 1.29 is 19.7 Å². The van der Waals surface area contributed by atoms with Gasteiger partial charge in [0, 0.05) is 13.2 Å².